The van der Waals surface area contributed by atoms with Crippen LogP contribution in [0.25, 0.3) is 0 Å². The van der Waals surface area contributed by atoms with Gasteiger partial charge in [-0.05, 0) is 44.0 Å². The molecule has 2 aliphatic heterocycles. The minimum absolute atomic E-state index is 0.0310. The average molecular weight is 365 g/mol. The predicted octanol–water partition coefficient (Wildman–Crippen LogP) is 1.60. The Morgan fingerprint density at radius 2 is 1.72 bits per heavy atom. The van der Waals surface area contributed by atoms with Crippen molar-refractivity contribution in [1.82, 2.24) is 14.1 Å². The lowest BCUT2D eigenvalue weighted by Gasteiger charge is -2.33. The molecule has 0 aliphatic carbocycles. The zero-order chi connectivity index (χ0) is 18.0. The smallest absolute Gasteiger partial charge is 0.244 e. The zero-order valence-electron chi connectivity index (χ0n) is 15.0. The van der Waals surface area contributed by atoms with E-state index in [0.717, 1.165) is 25.9 Å². The van der Waals surface area contributed by atoms with E-state index in [1.807, 2.05) is 13.8 Å². The van der Waals surface area contributed by atoms with Gasteiger partial charge in [0, 0.05) is 13.1 Å². The summed E-state index contributed by atoms with van der Waals surface area (Å²) in [4.78, 5) is 17.0. The van der Waals surface area contributed by atoms with Gasteiger partial charge in [0.2, 0.25) is 15.9 Å². The largest absolute Gasteiger partial charge is 0.323 e. The van der Waals surface area contributed by atoms with Gasteiger partial charge in [-0.1, -0.05) is 32.0 Å². The van der Waals surface area contributed by atoms with Crippen LogP contribution in [0.5, 0.6) is 0 Å². The highest BCUT2D eigenvalue weighted by Gasteiger charge is 2.43. The first-order valence-electron chi connectivity index (χ1n) is 9.00. The Bertz CT molecular complexity index is 700. The maximum absolute atomic E-state index is 13.0. The third kappa shape index (κ3) is 3.73. The summed E-state index contributed by atoms with van der Waals surface area (Å²) in [5.74, 6) is 0.0647. The van der Waals surface area contributed by atoms with E-state index in [2.05, 4.69) is 4.90 Å². The Labute approximate surface area is 150 Å². The number of carbonyl (C=O) groups excluding carboxylic acids is 1. The normalized spacial score (nSPS) is 22.8. The van der Waals surface area contributed by atoms with Crippen molar-refractivity contribution in [2.24, 2.45) is 5.92 Å². The van der Waals surface area contributed by atoms with Gasteiger partial charge in [-0.2, -0.15) is 4.31 Å². The molecular weight excluding hydrogens is 338 g/mol. The van der Waals surface area contributed by atoms with Crippen LogP contribution in [0.1, 0.15) is 26.7 Å². The summed E-state index contributed by atoms with van der Waals surface area (Å²) in [5.41, 5.74) is 0. The standard InChI is InChI=1S/C18H27N3O3S/c1-15(2)18-20(17(22)14-19-10-6-7-11-19)12-13-21(18)25(23,24)16-8-4-3-5-9-16/h3-5,8-9,15,18H,6-7,10-14H2,1-2H3/t18-/m1/s1. The summed E-state index contributed by atoms with van der Waals surface area (Å²) in [7, 11) is -3.60. The second-order valence-corrected chi connectivity index (χ2v) is 9.05. The Kier molecular flexibility index (Phi) is 5.46. The number of likely N-dealkylation sites (tertiary alicyclic amines) is 1. The number of sulfonamides is 1. The first-order valence-corrected chi connectivity index (χ1v) is 10.4. The number of carbonyl (C=O) groups is 1. The van der Waals surface area contributed by atoms with Gasteiger partial charge in [0.1, 0.15) is 6.17 Å². The highest BCUT2D eigenvalue weighted by Crippen LogP contribution is 2.28. The average Bonchev–Trinajstić information content (AvgIpc) is 3.25. The molecule has 1 amide bonds. The molecule has 2 heterocycles. The molecule has 0 aromatic heterocycles. The van der Waals surface area contributed by atoms with E-state index >= 15 is 0 Å². The lowest BCUT2D eigenvalue weighted by Crippen LogP contribution is -2.49. The number of nitrogens with zero attached hydrogens (tertiary/aromatic N) is 3. The highest BCUT2D eigenvalue weighted by molar-refractivity contribution is 7.89. The van der Waals surface area contributed by atoms with E-state index in [-0.39, 0.29) is 16.7 Å². The van der Waals surface area contributed by atoms with Crippen LogP contribution in [0.2, 0.25) is 0 Å². The molecule has 0 spiro atoms. The molecule has 1 aromatic rings. The molecule has 25 heavy (non-hydrogen) atoms. The summed E-state index contributed by atoms with van der Waals surface area (Å²) in [6.45, 7) is 7.06. The molecule has 0 bridgehead atoms. The minimum atomic E-state index is -3.60. The van der Waals surface area contributed by atoms with Gasteiger partial charge in [-0.15, -0.1) is 0 Å². The molecule has 1 atom stereocenters. The quantitative estimate of drug-likeness (QED) is 0.795. The molecule has 0 N–H and O–H groups in total. The Hall–Kier alpha value is -1.44. The fourth-order valence-electron chi connectivity index (χ4n) is 3.80. The van der Waals surface area contributed by atoms with Crippen LogP contribution in [0.15, 0.2) is 35.2 Å². The molecule has 2 aliphatic rings. The highest BCUT2D eigenvalue weighted by atomic mass is 32.2. The Balaban J connectivity index is 1.81. The molecule has 6 nitrogen and oxygen atoms in total. The second kappa shape index (κ2) is 7.43. The van der Waals surface area contributed by atoms with Crippen LogP contribution >= 0.6 is 0 Å². The van der Waals surface area contributed by atoms with Crippen molar-refractivity contribution in [3.05, 3.63) is 30.3 Å². The van der Waals surface area contributed by atoms with Gasteiger partial charge in [-0.25, -0.2) is 8.42 Å². The number of rotatable bonds is 5. The Morgan fingerprint density at radius 1 is 1.08 bits per heavy atom. The number of amides is 1. The van der Waals surface area contributed by atoms with Gasteiger partial charge in [0.25, 0.3) is 0 Å². The Morgan fingerprint density at radius 3 is 2.32 bits per heavy atom. The van der Waals surface area contributed by atoms with Crippen LogP contribution < -0.4 is 0 Å². The fraction of sp³-hybridized carbons (Fsp3) is 0.611. The maximum Gasteiger partial charge on any atom is 0.244 e. The maximum atomic E-state index is 13.0. The van der Waals surface area contributed by atoms with E-state index in [4.69, 9.17) is 0 Å². The number of hydrogen-bond acceptors (Lipinski definition) is 4. The fourth-order valence-corrected chi connectivity index (χ4v) is 5.54. The van der Waals surface area contributed by atoms with Crippen LogP contribution in [0.4, 0.5) is 0 Å². The van der Waals surface area contributed by atoms with Crippen molar-refractivity contribution in [3.63, 3.8) is 0 Å². The molecule has 2 saturated heterocycles. The molecule has 7 heteroatoms. The third-order valence-corrected chi connectivity index (χ3v) is 6.88. The summed E-state index contributed by atoms with van der Waals surface area (Å²) < 4.78 is 27.6. The molecule has 0 radical (unpaired) electrons. The molecule has 138 valence electrons. The minimum Gasteiger partial charge on any atom is -0.323 e. The first-order chi connectivity index (χ1) is 11.9. The SMILES string of the molecule is CC(C)[C@@H]1N(C(=O)CN2CCCC2)CCN1S(=O)(=O)c1ccccc1. The summed E-state index contributed by atoms with van der Waals surface area (Å²) in [6.07, 6.45) is 1.85. The van der Waals surface area contributed by atoms with Crippen LogP contribution in [-0.2, 0) is 14.8 Å². The third-order valence-electron chi connectivity index (χ3n) is 5.00. The van der Waals surface area contributed by atoms with Crippen molar-refractivity contribution < 1.29 is 13.2 Å². The van der Waals surface area contributed by atoms with Crippen LogP contribution in [-0.4, -0.2) is 67.3 Å². The second-order valence-electron chi connectivity index (χ2n) is 7.16. The molecular formula is C18H27N3O3S. The van der Waals surface area contributed by atoms with Gasteiger partial charge in [0.05, 0.1) is 11.4 Å². The lowest BCUT2D eigenvalue weighted by molar-refractivity contribution is -0.134. The van der Waals surface area contributed by atoms with E-state index in [0.29, 0.717) is 19.6 Å². The molecule has 0 saturated carbocycles. The molecule has 1 aromatic carbocycles. The zero-order valence-corrected chi connectivity index (χ0v) is 15.8. The van der Waals surface area contributed by atoms with Crippen molar-refractivity contribution in [3.8, 4) is 0 Å². The monoisotopic (exact) mass is 365 g/mol. The predicted molar refractivity (Wildman–Crippen MR) is 96.3 cm³/mol. The van der Waals surface area contributed by atoms with E-state index in [9.17, 15) is 13.2 Å². The van der Waals surface area contributed by atoms with Crippen molar-refractivity contribution in [1.29, 1.82) is 0 Å². The summed E-state index contributed by atoms with van der Waals surface area (Å²) >= 11 is 0. The summed E-state index contributed by atoms with van der Waals surface area (Å²) in [5, 5.41) is 0. The van der Waals surface area contributed by atoms with Gasteiger partial charge < -0.3 is 4.90 Å². The van der Waals surface area contributed by atoms with E-state index in [1.165, 1.54) is 4.31 Å². The summed E-state index contributed by atoms with van der Waals surface area (Å²) in [6, 6.07) is 8.48. The lowest BCUT2D eigenvalue weighted by atomic mass is 10.1. The number of hydrogen-bond donors (Lipinski definition) is 0. The van der Waals surface area contributed by atoms with Gasteiger partial charge in [-0.3, -0.25) is 9.69 Å². The van der Waals surface area contributed by atoms with Crippen LogP contribution in [0.3, 0.4) is 0 Å². The molecule has 3 rings (SSSR count). The molecule has 0 unspecified atom stereocenters. The van der Waals surface area contributed by atoms with Gasteiger partial charge in [0.15, 0.2) is 0 Å². The van der Waals surface area contributed by atoms with Crippen molar-refractivity contribution in [2.45, 2.75) is 37.8 Å². The number of benzene rings is 1. The van der Waals surface area contributed by atoms with Gasteiger partial charge >= 0.3 is 0 Å². The molecule has 2 fully saturated rings. The van der Waals surface area contributed by atoms with E-state index < -0.39 is 16.2 Å². The van der Waals surface area contributed by atoms with Crippen molar-refractivity contribution >= 4 is 15.9 Å². The topological polar surface area (TPSA) is 60.9 Å². The first kappa shape index (κ1) is 18.4. The van der Waals surface area contributed by atoms with Crippen molar-refractivity contribution in [2.75, 3.05) is 32.7 Å². The van der Waals surface area contributed by atoms with Crippen LogP contribution in [0, 0.1) is 5.92 Å². The van der Waals surface area contributed by atoms with E-state index in [1.54, 1.807) is 35.2 Å².